The molecule has 0 aliphatic heterocycles. The monoisotopic (exact) mass is 720 g/mol. The zero-order valence-corrected chi connectivity index (χ0v) is 31.0. The van der Waals surface area contributed by atoms with Crippen molar-refractivity contribution in [2.45, 2.75) is 0 Å². The van der Waals surface area contributed by atoms with Crippen LogP contribution in [0.25, 0.3) is 99.9 Å². The van der Waals surface area contributed by atoms with E-state index in [0.717, 1.165) is 77.7 Å². The molecule has 0 saturated carbocycles. The van der Waals surface area contributed by atoms with Gasteiger partial charge in [0.05, 0.1) is 22.4 Å². The minimum absolute atomic E-state index is 0.0304. The number of nitrogens with zero attached hydrogens (tertiary/aromatic N) is 4. The number of aromatic nitrogens is 4. The highest BCUT2D eigenvalue weighted by Crippen LogP contribution is 2.44. The van der Waals surface area contributed by atoms with Crippen LogP contribution >= 0.6 is 0 Å². The van der Waals surface area contributed by atoms with Gasteiger partial charge in [0, 0.05) is 30.8 Å². The van der Waals surface area contributed by atoms with Crippen molar-refractivity contribution in [3.8, 4) is 67.3 Å². The van der Waals surface area contributed by atoms with Gasteiger partial charge in [0.15, 0.2) is 5.82 Å². The van der Waals surface area contributed by atoms with E-state index in [9.17, 15) is 4.79 Å². The molecule has 0 atom stereocenters. The lowest BCUT2D eigenvalue weighted by molar-refractivity contribution is 0.795. The largest absolute Gasteiger partial charge is 0.328 e. The molecule has 0 unspecified atom stereocenters. The van der Waals surface area contributed by atoms with Crippen molar-refractivity contribution in [1.29, 1.82) is 0 Å². The van der Waals surface area contributed by atoms with Gasteiger partial charge in [-0.05, 0) is 73.1 Å². The Hall–Kier alpha value is -7.37. The fourth-order valence-electron chi connectivity index (χ4n) is 8.25. The molecule has 0 aliphatic rings. The summed E-state index contributed by atoms with van der Waals surface area (Å²) in [5.74, 6) is 0.686. The fraction of sp³-hybridized carbons (Fsp3) is 0.0392. The molecule has 0 amide bonds. The molecule has 0 radical (unpaired) electrons. The zero-order valence-electron chi connectivity index (χ0n) is 31.0. The SMILES string of the molecule is Cn1c(=O)n(C)c2cc(-c3c4ccccc4c(-c4ccc(-c5cc(-c6ccccc6-c6ccccc6)nc(-c6ccccc6)n5)cc4)c4ccccc34)ccc21. The fourth-order valence-corrected chi connectivity index (χ4v) is 8.25. The van der Waals surface area contributed by atoms with Crippen LogP contribution in [-0.2, 0) is 14.1 Å². The molecule has 56 heavy (non-hydrogen) atoms. The van der Waals surface area contributed by atoms with E-state index in [4.69, 9.17) is 9.97 Å². The van der Waals surface area contributed by atoms with Crippen LogP contribution in [0.4, 0.5) is 0 Å². The average molecular weight is 721 g/mol. The van der Waals surface area contributed by atoms with Crippen LogP contribution < -0.4 is 5.69 Å². The van der Waals surface area contributed by atoms with Crippen LogP contribution in [-0.4, -0.2) is 19.1 Å². The lowest BCUT2D eigenvalue weighted by Crippen LogP contribution is -2.19. The molecular formula is C51H36N4O. The quantitative estimate of drug-likeness (QED) is 0.161. The number of fused-ring (bicyclic) bond motifs is 3. The van der Waals surface area contributed by atoms with Gasteiger partial charge in [-0.3, -0.25) is 9.13 Å². The molecule has 0 N–H and O–H groups in total. The molecule has 0 fully saturated rings. The first-order valence-corrected chi connectivity index (χ1v) is 18.8. The lowest BCUT2D eigenvalue weighted by atomic mass is 9.85. The summed E-state index contributed by atoms with van der Waals surface area (Å²) >= 11 is 0. The van der Waals surface area contributed by atoms with E-state index >= 15 is 0 Å². The highest BCUT2D eigenvalue weighted by Gasteiger charge is 2.19. The van der Waals surface area contributed by atoms with E-state index in [1.54, 1.807) is 9.13 Å². The smallest absolute Gasteiger partial charge is 0.295 e. The first-order chi connectivity index (χ1) is 27.5. The lowest BCUT2D eigenvalue weighted by Gasteiger charge is -2.18. The first kappa shape index (κ1) is 33.2. The predicted molar refractivity (Wildman–Crippen MR) is 231 cm³/mol. The molecule has 0 aliphatic carbocycles. The third kappa shape index (κ3) is 5.52. The van der Waals surface area contributed by atoms with Gasteiger partial charge in [-0.15, -0.1) is 0 Å². The maximum atomic E-state index is 12.8. The van der Waals surface area contributed by atoms with Crippen LogP contribution in [0, 0.1) is 0 Å². The van der Waals surface area contributed by atoms with Crippen molar-refractivity contribution in [2.75, 3.05) is 0 Å². The molecule has 10 aromatic rings. The van der Waals surface area contributed by atoms with Gasteiger partial charge in [-0.2, -0.15) is 0 Å². The topological polar surface area (TPSA) is 52.7 Å². The number of rotatable bonds is 6. The normalized spacial score (nSPS) is 11.5. The second kappa shape index (κ2) is 13.5. The number of hydrogen-bond donors (Lipinski definition) is 0. The molecule has 8 aromatic carbocycles. The summed E-state index contributed by atoms with van der Waals surface area (Å²) in [7, 11) is 3.66. The van der Waals surface area contributed by atoms with Crippen molar-refractivity contribution in [3.05, 3.63) is 192 Å². The molecule has 0 saturated heterocycles. The summed E-state index contributed by atoms with van der Waals surface area (Å²) in [6.45, 7) is 0. The number of aryl methyl sites for hydroxylation is 2. The third-order valence-corrected chi connectivity index (χ3v) is 11.0. The molecular weight excluding hydrogens is 685 g/mol. The minimum Gasteiger partial charge on any atom is -0.295 e. The van der Waals surface area contributed by atoms with Gasteiger partial charge in [-0.1, -0.05) is 164 Å². The molecule has 0 bridgehead atoms. The predicted octanol–water partition coefficient (Wildman–Crippen LogP) is 12.0. The van der Waals surface area contributed by atoms with E-state index in [1.807, 2.05) is 38.4 Å². The van der Waals surface area contributed by atoms with Crippen LogP contribution in [0.1, 0.15) is 0 Å². The van der Waals surface area contributed by atoms with Crippen LogP contribution in [0.15, 0.2) is 187 Å². The summed E-state index contributed by atoms with van der Waals surface area (Å²) in [6.07, 6.45) is 0. The van der Waals surface area contributed by atoms with Gasteiger partial charge < -0.3 is 0 Å². The van der Waals surface area contributed by atoms with E-state index in [1.165, 1.54) is 16.3 Å². The summed E-state index contributed by atoms with van der Waals surface area (Å²) in [5.41, 5.74) is 13.4. The van der Waals surface area contributed by atoms with Crippen molar-refractivity contribution in [1.82, 2.24) is 19.1 Å². The van der Waals surface area contributed by atoms with Gasteiger partial charge in [0.1, 0.15) is 0 Å². The van der Waals surface area contributed by atoms with E-state index in [0.29, 0.717) is 5.82 Å². The Balaban J connectivity index is 1.13. The number of benzene rings is 8. The second-order valence-corrected chi connectivity index (χ2v) is 14.3. The molecule has 2 aromatic heterocycles. The van der Waals surface area contributed by atoms with E-state index in [-0.39, 0.29) is 5.69 Å². The maximum absolute atomic E-state index is 12.8. The van der Waals surface area contributed by atoms with Gasteiger partial charge >= 0.3 is 5.69 Å². The molecule has 5 nitrogen and oxygen atoms in total. The van der Waals surface area contributed by atoms with Crippen LogP contribution in [0.2, 0.25) is 0 Å². The van der Waals surface area contributed by atoms with Crippen molar-refractivity contribution in [2.24, 2.45) is 14.1 Å². The Labute approximate surface area is 324 Å². The molecule has 2 heterocycles. The molecule has 10 rings (SSSR count). The Bertz CT molecular complexity index is 3100. The minimum atomic E-state index is -0.0304. The molecule has 5 heteroatoms. The van der Waals surface area contributed by atoms with Crippen molar-refractivity contribution < 1.29 is 0 Å². The van der Waals surface area contributed by atoms with Crippen LogP contribution in [0.5, 0.6) is 0 Å². The van der Waals surface area contributed by atoms with E-state index < -0.39 is 0 Å². The molecule has 0 spiro atoms. The number of hydrogen-bond acceptors (Lipinski definition) is 3. The van der Waals surface area contributed by atoms with Crippen LogP contribution in [0.3, 0.4) is 0 Å². The van der Waals surface area contributed by atoms with Gasteiger partial charge in [0.2, 0.25) is 0 Å². The second-order valence-electron chi connectivity index (χ2n) is 14.3. The van der Waals surface area contributed by atoms with Crippen molar-refractivity contribution in [3.63, 3.8) is 0 Å². The average Bonchev–Trinajstić information content (AvgIpc) is 3.48. The summed E-state index contributed by atoms with van der Waals surface area (Å²) < 4.78 is 3.43. The van der Waals surface area contributed by atoms with E-state index in [2.05, 4.69) is 158 Å². The third-order valence-electron chi connectivity index (χ3n) is 11.0. The maximum Gasteiger partial charge on any atom is 0.328 e. The zero-order chi connectivity index (χ0) is 37.8. The molecule has 266 valence electrons. The highest BCUT2D eigenvalue weighted by molar-refractivity contribution is 6.21. The van der Waals surface area contributed by atoms with Gasteiger partial charge in [-0.25, -0.2) is 14.8 Å². The van der Waals surface area contributed by atoms with Gasteiger partial charge in [0.25, 0.3) is 0 Å². The summed E-state index contributed by atoms with van der Waals surface area (Å²) in [6, 6.07) is 63.7. The number of imidazole rings is 1. The van der Waals surface area contributed by atoms with Crippen molar-refractivity contribution >= 4 is 32.6 Å². The Morgan fingerprint density at radius 2 is 0.839 bits per heavy atom. The Kier molecular flexibility index (Phi) is 8.00. The Morgan fingerprint density at radius 1 is 0.375 bits per heavy atom. The Morgan fingerprint density at radius 3 is 1.46 bits per heavy atom. The highest BCUT2D eigenvalue weighted by atomic mass is 16.1. The summed E-state index contributed by atoms with van der Waals surface area (Å²) in [5, 5.41) is 4.67. The summed E-state index contributed by atoms with van der Waals surface area (Å²) in [4.78, 5) is 23.1. The first-order valence-electron chi connectivity index (χ1n) is 18.8. The standard InChI is InChI=1S/C51H36N4O/c1-54-46-30-29-37(31-47(46)55(2)51(54)56)49-42-23-13-11-21-40(42)48(41-22-12-14-24-43(41)49)35-27-25-34(26-28-35)44-32-45(53-50(52-44)36-17-7-4-8-18-36)39-20-10-9-19-38(39)33-15-5-3-6-16-33/h3-32H,1-2H3.